The lowest BCUT2D eigenvalue weighted by atomic mass is 10.2. The molecule has 8 heteroatoms. The minimum Gasteiger partial charge on any atom is -0.454 e. The number of carbonyl (C=O) groups is 2. The molecule has 0 unspecified atom stereocenters. The van der Waals surface area contributed by atoms with Crippen molar-refractivity contribution in [2.45, 2.75) is 0 Å². The molecule has 0 radical (unpaired) electrons. The number of rotatable bonds is 5. The second-order valence-electron chi connectivity index (χ2n) is 6.94. The first kappa shape index (κ1) is 19.7. The van der Waals surface area contributed by atoms with Crippen LogP contribution in [-0.4, -0.2) is 67.7 Å². The molecule has 29 heavy (non-hydrogen) atoms. The van der Waals surface area contributed by atoms with E-state index in [1.807, 2.05) is 29.2 Å². The van der Waals surface area contributed by atoms with Crippen molar-refractivity contribution in [1.82, 2.24) is 15.1 Å². The molecule has 2 amide bonds. The summed E-state index contributed by atoms with van der Waals surface area (Å²) in [5.41, 5.74) is 1.25. The highest BCUT2D eigenvalue weighted by molar-refractivity contribution is 9.10. The molecule has 1 saturated heterocycles. The first-order valence-electron chi connectivity index (χ1n) is 9.56. The van der Waals surface area contributed by atoms with Crippen molar-refractivity contribution in [3.05, 3.63) is 58.1 Å². The Hall–Kier alpha value is -2.58. The Kier molecular flexibility index (Phi) is 6.01. The maximum Gasteiger partial charge on any atom is 0.255 e. The highest BCUT2D eigenvalue weighted by Crippen LogP contribution is 2.32. The molecule has 0 spiro atoms. The summed E-state index contributed by atoms with van der Waals surface area (Å²) in [5, 5.41) is 2.94. The van der Waals surface area contributed by atoms with Crippen LogP contribution >= 0.6 is 15.9 Å². The number of carbonyl (C=O) groups excluding carboxylic acids is 2. The number of halogens is 1. The fourth-order valence-electron chi connectivity index (χ4n) is 3.45. The Balaban J connectivity index is 1.22. The molecule has 0 atom stereocenters. The number of amides is 2. The Bertz CT molecular complexity index is 913. The Morgan fingerprint density at radius 2 is 1.76 bits per heavy atom. The van der Waals surface area contributed by atoms with E-state index in [4.69, 9.17) is 9.47 Å². The van der Waals surface area contributed by atoms with Crippen molar-refractivity contribution in [1.29, 1.82) is 0 Å². The van der Waals surface area contributed by atoms with Crippen molar-refractivity contribution in [2.24, 2.45) is 0 Å². The van der Waals surface area contributed by atoms with Crippen molar-refractivity contribution in [3.8, 4) is 11.5 Å². The zero-order valence-electron chi connectivity index (χ0n) is 15.9. The van der Waals surface area contributed by atoms with Gasteiger partial charge >= 0.3 is 0 Å². The lowest BCUT2D eigenvalue weighted by Crippen LogP contribution is -2.50. The van der Waals surface area contributed by atoms with Crippen LogP contribution in [0.15, 0.2) is 46.9 Å². The summed E-state index contributed by atoms with van der Waals surface area (Å²) in [6, 6.07) is 12.7. The topological polar surface area (TPSA) is 71.1 Å². The summed E-state index contributed by atoms with van der Waals surface area (Å²) in [4.78, 5) is 29.1. The fraction of sp³-hybridized carbons (Fsp3) is 0.333. The summed E-state index contributed by atoms with van der Waals surface area (Å²) in [5.74, 6) is 1.18. The third kappa shape index (κ3) is 4.54. The van der Waals surface area contributed by atoms with Gasteiger partial charge in [0.1, 0.15) is 0 Å². The molecule has 2 heterocycles. The van der Waals surface area contributed by atoms with E-state index in [1.165, 1.54) is 0 Å². The average Bonchev–Trinajstić information content (AvgIpc) is 3.22. The zero-order valence-corrected chi connectivity index (χ0v) is 17.5. The predicted octanol–water partition coefficient (Wildman–Crippen LogP) is 2.37. The molecule has 4 rings (SSSR count). The van der Waals surface area contributed by atoms with Crippen LogP contribution < -0.4 is 14.8 Å². The molecule has 1 fully saturated rings. The van der Waals surface area contributed by atoms with Gasteiger partial charge in [-0.3, -0.25) is 14.5 Å². The second kappa shape index (κ2) is 8.84. The van der Waals surface area contributed by atoms with Crippen molar-refractivity contribution in [3.63, 3.8) is 0 Å². The van der Waals surface area contributed by atoms with Gasteiger partial charge in [0.05, 0.1) is 5.56 Å². The van der Waals surface area contributed by atoms with E-state index in [2.05, 4.69) is 26.1 Å². The van der Waals surface area contributed by atoms with Gasteiger partial charge in [-0.15, -0.1) is 0 Å². The summed E-state index contributed by atoms with van der Waals surface area (Å²) in [6.07, 6.45) is 0. The van der Waals surface area contributed by atoms with Gasteiger partial charge in [-0.05, 0) is 46.3 Å². The summed E-state index contributed by atoms with van der Waals surface area (Å²) in [7, 11) is 0. The summed E-state index contributed by atoms with van der Waals surface area (Å²) in [6.45, 7) is 4.41. The molecular formula is C21H22BrN3O4. The van der Waals surface area contributed by atoms with E-state index >= 15 is 0 Å². The number of hydrogen-bond donors (Lipinski definition) is 1. The van der Waals surface area contributed by atoms with Gasteiger partial charge in [0.15, 0.2) is 11.5 Å². The first-order chi connectivity index (χ1) is 14.1. The van der Waals surface area contributed by atoms with Gasteiger partial charge in [0.2, 0.25) is 6.79 Å². The number of nitrogens with one attached hydrogen (secondary N) is 1. The minimum absolute atomic E-state index is 0.0493. The van der Waals surface area contributed by atoms with Crippen LogP contribution in [0.3, 0.4) is 0 Å². The standard InChI is InChI=1S/C21H22BrN3O4/c22-17-4-2-1-3-16(17)21(27)25-11-9-24(10-12-25)8-7-23-20(26)15-5-6-18-19(13-15)29-14-28-18/h1-6,13H,7-12,14H2,(H,23,26). The molecule has 2 aliphatic rings. The molecule has 1 N–H and O–H groups in total. The normalized spacial score (nSPS) is 16.0. The van der Waals surface area contributed by atoms with Crippen LogP contribution in [-0.2, 0) is 0 Å². The number of benzene rings is 2. The van der Waals surface area contributed by atoms with E-state index in [9.17, 15) is 9.59 Å². The molecule has 0 aliphatic carbocycles. The zero-order chi connectivity index (χ0) is 20.2. The van der Waals surface area contributed by atoms with Crippen molar-refractivity contribution in [2.75, 3.05) is 46.1 Å². The largest absolute Gasteiger partial charge is 0.454 e. The summed E-state index contributed by atoms with van der Waals surface area (Å²) >= 11 is 3.45. The first-order valence-corrected chi connectivity index (χ1v) is 10.3. The van der Waals surface area contributed by atoms with Gasteiger partial charge < -0.3 is 19.7 Å². The van der Waals surface area contributed by atoms with Crippen LogP contribution in [0.4, 0.5) is 0 Å². The summed E-state index contributed by atoms with van der Waals surface area (Å²) < 4.78 is 11.4. The molecule has 152 valence electrons. The van der Waals surface area contributed by atoms with Gasteiger partial charge in [0.25, 0.3) is 11.8 Å². The lowest BCUT2D eigenvalue weighted by molar-refractivity contribution is 0.0637. The van der Waals surface area contributed by atoms with Crippen LogP contribution in [0.2, 0.25) is 0 Å². The van der Waals surface area contributed by atoms with Crippen LogP contribution in [0.25, 0.3) is 0 Å². The van der Waals surface area contributed by atoms with Crippen LogP contribution in [0, 0.1) is 0 Å². The maximum atomic E-state index is 12.7. The Morgan fingerprint density at radius 1 is 1.00 bits per heavy atom. The van der Waals surface area contributed by atoms with Gasteiger partial charge in [-0.2, -0.15) is 0 Å². The molecule has 0 saturated carbocycles. The number of piperazine rings is 1. The SMILES string of the molecule is O=C(NCCN1CCN(C(=O)c2ccccc2Br)CC1)c1ccc2c(c1)OCO2. The van der Waals surface area contributed by atoms with E-state index in [0.29, 0.717) is 42.3 Å². The molecule has 0 aromatic heterocycles. The smallest absolute Gasteiger partial charge is 0.255 e. The van der Waals surface area contributed by atoms with Gasteiger partial charge in [-0.1, -0.05) is 12.1 Å². The van der Waals surface area contributed by atoms with Crippen LogP contribution in [0.5, 0.6) is 11.5 Å². The number of nitrogens with zero attached hydrogens (tertiary/aromatic N) is 2. The molecule has 7 nitrogen and oxygen atoms in total. The van der Waals surface area contributed by atoms with Crippen molar-refractivity contribution < 1.29 is 19.1 Å². The van der Waals surface area contributed by atoms with E-state index in [1.54, 1.807) is 18.2 Å². The average molecular weight is 460 g/mol. The third-order valence-electron chi connectivity index (χ3n) is 5.11. The highest BCUT2D eigenvalue weighted by atomic mass is 79.9. The third-order valence-corrected chi connectivity index (χ3v) is 5.80. The Morgan fingerprint density at radius 3 is 2.55 bits per heavy atom. The molecular weight excluding hydrogens is 438 g/mol. The molecule has 2 aromatic rings. The van der Waals surface area contributed by atoms with E-state index in [0.717, 1.165) is 24.1 Å². The van der Waals surface area contributed by atoms with E-state index in [-0.39, 0.29) is 18.6 Å². The minimum atomic E-state index is -0.133. The predicted molar refractivity (Wildman–Crippen MR) is 111 cm³/mol. The number of fused-ring (bicyclic) bond motifs is 1. The second-order valence-corrected chi connectivity index (χ2v) is 7.79. The molecule has 2 aromatic carbocycles. The maximum absolute atomic E-state index is 12.7. The van der Waals surface area contributed by atoms with Crippen molar-refractivity contribution >= 4 is 27.7 Å². The van der Waals surface area contributed by atoms with Crippen LogP contribution in [0.1, 0.15) is 20.7 Å². The van der Waals surface area contributed by atoms with Gasteiger partial charge in [0, 0.05) is 49.3 Å². The molecule has 0 bridgehead atoms. The Labute approximate surface area is 177 Å². The quantitative estimate of drug-likeness (QED) is 0.742. The number of hydrogen-bond acceptors (Lipinski definition) is 5. The number of ether oxygens (including phenoxy) is 2. The lowest BCUT2D eigenvalue weighted by Gasteiger charge is -2.34. The molecule has 2 aliphatic heterocycles. The monoisotopic (exact) mass is 459 g/mol. The van der Waals surface area contributed by atoms with Gasteiger partial charge in [-0.25, -0.2) is 0 Å². The fourth-order valence-corrected chi connectivity index (χ4v) is 3.90. The highest BCUT2D eigenvalue weighted by Gasteiger charge is 2.23. The van der Waals surface area contributed by atoms with E-state index < -0.39 is 0 Å².